The molecule has 0 saturated carbocycles. The molecule has 0 spiro atoms. The lowest BCUT2D eigenvalue weighted by Gasteiger charge is -2.03. The molecule has 1 heterocycles. The van der Waals surface area contributed by atoms with E-state index in [-0.39, 0.29) is 5.82 Å². The lowest BCUT2D eigenvalue weighted by atomic mass is 10.2. The molecule has 0 bridgehead atoms. The van der Waals surface area contributed by atoms with Crippen molar-refractivity contribution in [3.63, 3.8) is 0 Å². The van der Waals surface area contributed by atoms with Crippen LogP contribution in [0.1, 0.15) is 21.7 Å². The van der Waals surface area contributed by atoms with Gasteiger partial charge in [0.05, 0.1) is 7.11 Å². The Morgan fingerprint density at radius 2 is 2.16 bits per heavy atom. The van der Waals surface area contributed by atoms with Crippen molar-refractivity contribution in [3.8, 4) is 0 Å². The molecule has 0 fully saturated rings. The third-order valence-corrected chi connectivity index (χ3v) is 2.69. The van der Waals surface area contributed by atoms with Crippen LogP contribution >= 0.6 is 0 Å². The van der Waals surface area contributed by atoms with Crippen molar-refractivity contribution in [1.82, 2.24) is 10.3 Å². The zero-order valence-corrected chi connectivity index (χ0v) is 10.6. The van der Waals surface area contributed by atoms with Crippen LogP contribution in [0.3, 0.4) is 0 Å². The number of carbonyl (C=O) groups is 1. The molecule has 0 amide bonds. The molecule has 4 nitrogen and oxygen atoms in total. The van der Waals surface area contributed by atoms with Gasteiger partial charge in [-0.3, -0.25) is 0 Å². The summed E-state index contributed by atoms with van der Waals surface area (Å²) in [6, 6.07) is 9.91. The van der Waals surface area contributed by atoms with Crippen LogP contribution in [0.15, 0.2) is 36.4 Å². The predicted octanol–water partition coefficient (Wildman–Crippen LogP) is 2.23. The van der Waals surface area contributed by atoms with Gasteiger partial charge < -0.3 is 15.0 Å². The summed E-state index contributed by atoms with van der Waals surface area (Å²) in [5.74, 6) is -0.636. The molecule has 0 aliphatic heterocycles. The number of carbonyl (C=O) groups excluding carboxylic acids is 1. The highest BCUT2D eigenvalue weighted by Crippen LogP contribution is 2.05. The van der Waals surface area contributed by atoms with E-state index >= 15 is 0 Å². The molecule has 0 saturated heterocycles. The van der Waals surface area contributed by atoms with Gasteiger partial charge in [-0.05, 0) is 29.8 Å². The van der Waals surface area contributed by atoms with Gasteiger partial charge in [0, 0.05) is 18.8 Å². The Bertz CT molecular complexity index is 566. The number of benzene rings is 1. The fraction of sp³-hybridized carbons (Fsp3) is 0.214. The van der Waals surface area contributed by atoms with Crippen LogP contribution < -0.4 is 5.32 Å². The van der Waals surface area contributed by atoms with Gasteiger partial charge in [0.2, 0.25) is 0 Å². The van der Waals surface area contributed by atoms with Gasteiger partial charge >= 0.3 is 5.97 Å². The van der Waals surface area contributed by atoms with Crippen LogP contribution in [0, 0.1) is 5.82 Å². The van der Waals surface area contributed by atoms with E-state index in [2.05, 4.69) is 15.0 Å². The Morgan fingerprint density at radius 1 is 1.32 bits per heavy atom. The van der Waals surface area contributed by atoms with Crippen LogP contribution in [0.4, 0.5) is 4.39 Å². The number of H-pyrrole nitrogens is 1. The number of methoxy groups -OCH3 is 1. The normalized spacial score (nSPS) is 10.4. The van der Waals surface area contributed by atoms with Crippen molar-refractivity contribution < 1.29 is 13.9 Å². The first kappa shape index (κ1) is 13.3. The maximum Gasteiger partial charge on any atom is 0.354 e. The molecular formula is C14H15FN2O2. The van der Waals surface area contributed by atoms with E-state index in [1.54, 1.807) is 12.1 Å². The number of halogens is 1. The minimum absolute atomic E-state index is 0.243. The van der Waals surface area contributed by atoms with E-state index in [4.69, 9.17) is 0 Å². The molecule has 0 unspecified atom stereocenters. The van der Waals surface area contributed by atoms with Gasteiger partial charge in [-0.25, -0.2) is 9.18 Å². The Labute approximate surface area is 110 Å². The number of ether oxygens (including phenoxy) is 1. The Hall–Kier alpha value is -2.14. The number of rotatable bonds is 5. The maximum absolute atomic E-state index is 13.0. The topological polar surface area (TPSA) is 54.1 Å². The Balaban J connectivity index is 1.86. The number of hydrogen-bond donors (Lipinski definition) is 2. The van der Waals surface area contributed by atoms with Crippen LogP contribution in [0.25, 0.3) is 0 Å². The van der Waals surface area contributed by atoms with Crippen LogP contribution in [0.5, 0.6) is 0 Å². The predicted molar refractivity (Wildman–Crippen MR) is 69.1 cm³/mol. The van der Waals surface area contributed by atoms with E-state index in [9.17, 15) is 9.18 Å². The highest BCUT2D eigenvalue weighted by Gasteiger charge is 2.07. The first-order valence-corrected chi connectivity index (χ1v) is 5.90. The molecule has 0 radical (unpaired) electrons. The summed E-state index contributed by atoms with van der Waals surface area (Å²) in [6.07, 6.45) is 0. The highest BCUT2D eigenvalue weighted by molar-refractivity contribution is 5.87. The minimum atomic E-state index is -0.392. The molecule has 19 heavy (non-hydrogen) atoms. The van der Waals surface area contributed by atoms with Crippen molar-refractivity contribution in [3.05, 3.63) is 59.2 Å². The van der Waals surface area contributed by atoms with E-state index in [1.165, 1.54) is 19.2 Å². The summed E-state index contributed by atoms with van der Waals surface area (Å²) in [6.45, 7) is 1.12. The van der Waals surface area contributed by atoms with E-state index in [0.717, 1.165) is 11.3 Å². The number of aromatic amines is 1. The molecule has 2 rings (SSSR count). The van der Waals surface area contributed by atoms with Crippen molar-refractivity contribution in [2.45, 2.75) is 13.1 Å². The molecular weight excluding hydrogens is 247 g/mol. The molecule has 1 aromatic heterocycles. The number of esters is 1. The molecule has 0 aliphatic rings. The fourth-order valence-electron chi connectivity index (χ4n) is 1.76. The standard InChI is InChI=1S/C14H15FN2O2/c1-19-14(18)13-6-5-12(17-13)9-16-8-10-3-2-4-11(15)7-10/h2-7,16-17H,8-9H2,1H3. The summed E-state index contributed by atoms with van der Waals surface area (Å²) in [7, 11) is 1.34. The highest BCUT2D eigenvalue weighted by atomic mass is 19.1. The maximum atomic E-state index is 13.0. The second kappa shape index (κ2) is 6.15. The van der Waals surface area contributed by atoms with E-state index in [1.807, 2.05) is 12.1 Å². The van der Waals surface area contributed by atoms with Gasteiger partial charge in [-0.1, -0.05) is 12.1 Å². The van der Waals surface area contributed by atoms with Gasteiger partial charge in [-0.15, -0.1) is 0 Å². The molecule has 1 aromatic carbocycles. The van der Waals surface area contributed by atoms with Gasteiger partial charge in [0.25, 0.3) is 0 Å². The molecule has 0 aliphatic carbocycles. The zero-order valence-electron chi connectivity index (χ0n) is 10.6. The summed E-state index contributed by atoms with van der Waals surface area (Å²) >= 11 is 0. The first-order valence-electron chi connectivity index (χ1n) is 5.90. The van der Waals surface area contributed by atoms with Gasteiger partial charge in [0.1, 0.15) is 11.5 Å². The van der Waals surface area contributed by atoms with Gasteiger partial charge in [-0.2, -0.15) is 0 Å². The molecule has 0 atom stereocenters. The van der Waals surface area contributed by atoms with Crippen molar-refractivity contribution in [1.29, 1.82) is 0 Å². The van der Waals surface area contributed by atoms with Crippen LogP contribution in [-0.4, -0.2) is 18.1 Å². The summed E-state index contributed by atoms with van der Waals surface area (Å²) < 4.78 is 17.6. The van der Waals surface area contributed by atoms with Crippen molar-refractivity contribution in [2.75, 3.05) is 7.11 Å². The molecule has 2 N–H and O–H groups in total. The van der Waals surface area contributed by atoms with E-state index < -0.39 is 5.97 Å². The molecule has 100 valence electrons. The third kappa shape index (κ3) is 3.66. The number of nitrogens with one attached hydrogen (secondary N) is 2. The summed E-state index contributed by atoms with van der Waals surface area (Å²) in [5.41, 5.74) is 2.17. The summed E-state index contributed by atoms with van der Waals surface area (Å²) in [4.78, 5) is 14.2. The lowest BCUT2D eigenvalue weighted by molar-refractivity contribution is 0.0594. The smallest absolute Gasteiger partial charge is 0.354 e. The second-order valence-corrected chi connectivity index (χ2v) is 4.12. The van der Waals surface area contributed by atoms with E-state index in [0.29, 0.717) is 18.8 Å². The zero-order chi connectivity index (χ0) is 13.7. The largest absolute Gasteiger partial charge is 0.464 e. The third-order valence-electron chi connectivity index (χ3n) is 2.69. The Morgan fingerprint density at radius 3 is 2.89 bits per heavy atom. The number of hydrogen-bond acceptors (Lipinski definition) is 3. The fourth-order valence-corrected chi connectivity index (χ4v) is 1.76. The average Bonchev–Trinajstić information content (AvgIpc) is 2.87. The SMILES string of the molecule is COC(=O)c1ccc(CNCc2cccc(F)c2)[nH]1. The van der Waals surface area contributed by atoms with Crippen LogP contribution in [-0.2, 0) is 17.8 Å². The minimum Gasteiger partial charge on any atom is -0.464 e. The molecule has 2 aromatic rings. The average molecular weight is 262 g/mol. The summed E-state index contributed by atoms with van der Waals surface area (Å²) in [5, 5.41) is 3.17. The second-order valence-electron chi connectivity index (χ2n) is 4.12. The lowest BCUT2D eigenvalue weighted by Crippen LogP contribution is -2.13. The quantitative estimate of drug-likeness (QED) is 0.812. The van der Waals surface area contributed by atoms with Crippen molar-refractivity contribution in [2.24, 2.45) is 0 Å². The Kier molecular flexibility index (Phi) is 4.30. The first-order chi connectivity index (χ1) is 9.19. The monoisotopic (exact) mass is 262 g/mol. The van der Waals surface area contributed by atoms with Gasteiger partial charge in [0.15, 0.2) is 0 Å². The van der Waals surface area contributed by atoms with Crippen molar-refractivity contribution >= 4 is 5.97 Å². The number of aromatic nitrogens is 1. The van der Waals surface area contributed by atoms with Crippen LogP contribution in [0.2, 0.25) is 0 Å². The molecule has 5 heteroatoms.